The third kappa shape index (κ3) is 2.40. The van der Waals surface area contributed by atoms with Gasteiger partial charge in [0.1, 0.15) is 29.1 Å². The van der Waals surface area contributed by atoms with E-state index >= 15 is 0 Å². The lowest BCUT2D eigenvalue weighted by Gasteiger charge is -2.33. The number of ether oxygens (including phenoxy) is 1. The number of H-pyrrole nitrogens is 1. The van der Waals surface area contributed by atoms with Gasteiger partial charge in [-0.2, -0.15) is 5.10 Å². The maximum absolute atomic E-state index is 6.04. The van der Waals surface area contributed by atoms with Crippen molar-refractivity contribution >= 4 is 22.7 Å². The summed E-state index contributed by atoms with van der Waals surface area (Å²) in [5, 5.41) is 12.0. The van der Waals surface area contributed by atoms with Gasteiger partial charge in [-0.3, -0.25) is 5.10 Å². The molecule has 9 nitrogen and oxygen atoms in total. The number of fused-ring (bicyclic) bond motifs is 5. The number of amidine groups is 1. The second-order valence-corrected chi connectivity index (χ2v) is 9.76. The van der Waals surface area contributed by atoms with Crippen LogP contribution in [0.15, 0.2) is 17.3 Å². The Morgan fingerprint density at radius 1 is 1.26 bits per heavy atom. The van der Waals surface area contributed by atoms with Gasteiger partial charge in [0.25, 0.3) is 0 Å². The minimum absolute atomic E-state index is 0.210. The van der Waals surface area contributed by atoms with Crippen LogP contribution in [0.4, 0.5) is 5.82 Å². The first kappa shape index (κ1) is 17.7. The van der Waals surface area contributed by atoms with Gasteiger partial charge in [0, 0.05) is 36.3 Å². The number of nitrogens with one attached hydrogen (secondary N) is 2. The highest BCUT2D eigenvalue weighted by Crippen LogP contribution is 2.44. The second kappa shape index (κ2) is 5.85. The van der Waals surface area contributed by atoms with Gasteiger partial charge < -0.3 is 19.5 Å². The third-order valence-electron chi connectivity index (χ3n) is 7.34. The fourth-order valence-corrected chi connectivity index (χ4v) is 5.59. The zero-order valence-electron chi connectivity index (χ0n) is 18.0. The Bertz CT molecular complexity index is 1250. The lowest BCUT2D eigenvalue weighted by atomic mass is 9.86. The van der Waals surface area contributed by atoms with Crippen LogP contribution >= 0.6 is 0 Å². The molecule has 3 aromatic heterocycles. The van der Waals surface area contributed by atoms with Crippen molar-refractivity contribution in [2.75, 3.05) is 18.5 Å². The number of hydrogen-bond donors (Lipinski definition) is 2. The predicted octanol–water partition coefficient (Wildman–Crippen LogP) is 2.69. The van der Waals surface area contributed by atoms with Gasteiger partial charge in [-0.1, -0.05) is 0 Å². The Hall–Kier alpha value is -2.94. The van der Waals surface area contributed by atoms with Crippen LogP contribution in [-0.2, 0) is 16.9 Å². The summed E-state index contributed by atoms with van der Waals surface area (Å²) < 4.78 is 8.33. The number of aromatic amines is 1. The first-order valence-corrected chi connectivity index (χ1v) is 11.1. The van der Waals surface area contributed by atoms with Crippen LogP contribution in [0.25, 0.3) is 11.0 Å². The molecule has 160 valence electrons. The molecule has 2 saturated heterocycles. The Kier molecular flexibility index (Phi) is 3.34. The van der Waals surface area contributed by atoms with Crippen molar-refractivity contribution in [3.8, 4) is 0 Å². The molecule has 1 unspecified atom stereocenters. The minimum Gasteiger partial charge on any atom is -0.366 e. The zero-order valence-corrected chi connectivity index (χ0v) is 18.0. The maximum atomic E-state index is 6.04. The van der Waals surface area contributed by atoms with E-state index < -0.39 is 5.60 Å². The van der Waals surface area contributed by atoms with E-state index in [2.05, 4.69) is 49.9 Å². The van der Waals surface area contributed by atoms with Crippen LogP contribution in [0.1, 0.15) is 55.6 Å². The van der Waals surface area contributed by atoms with Crippen molar-refractivity contribution in [2.45, 2.75) is 58.0 Å². The molecule has 31 heavy (non-hydrogen) atoms. The molecule has 1 saturated carbocycles. The highest BCUT2D eigenvalue weighted by molar-refractivity contribution is 6.03. The second-order valence-electron chi connectivity index (χ2n) is 9.76. The van der Waals surface area contributed by atoms with Gasteiger partial charge in [-0.15, -0.1) is 0 Å². The van der Waals surface area contributed by atoms with Crippen molar-refractivity contribution in [1.29, 1.82) is 0 Å². The molecule has 3 fully saturated rings. The van der Waals surface area contributed by atoms with E-state index in [1.165, 1.54) is 12.8 Å². The van der Waals surface area contributed by atoms with Gasteiger partial charge in [0.05, 0.1) is 12.3 Å². The Labute approximate surface area is 179 Å². The zero-order chi connectivity index (χ0) is 20.9. The Morgan fingerprint density at radius 2 is 2.13 bits per heavy atom. The molecular formula is C22H26N8O. The molecule has 2 bridgehead atoms. The summed E-state index contributed by atoms with van der Waals surface area (Å²) in [4.78, 5) is 17.4. The van der Waals surface area contributed by atoms with E-state index in [1.54, 1.807) is 0 Å². The SMILES string of the molecule is Cc1n[nH]c2ncc(C3N=C(N4CC5CC4C5)c4nc5n(c4N3)CCOC5(C)C)cc12. The van der Waals surface area contributed by atoms with E-state index in [-0.39, 0.29) is 6.17 Å². The van der Waals surface area contributed by atoms with E-state index in [0.29, 0.717) is 12.6 Å². The predicted molar refractivity (Wildman–Crippen MR) is 116 cm³/mol. The standard InChI is InChI=1S/C22H26N8O/c1-11-15-8-13(9-23-18(15)28-27-11)17-25-19-16(20(26-17)30-10-12-6-14(30)7-12)24-21-22(2,3)31-5-4-29(19)21/h8-9,12,14,17,25H,4-7,10H2,1-3H3,(H,23,27,28). The van der Waals surface area contributed by atoms with Gasteiger partial charge in [-0.25, -0.2) is 15.0 Å². The molecule has 0 spiro atoms. The number of anilines is 1. The molecule has 0 radical (unpaired) electrons. The average molecular weight is 419 g/mol. The number of rotatable bonds is 1. The van der Waals surface area contributed by atoms with E-state index in [0.717, 1.165) is 64.5 Å². The van der Waals surface area contributed by atoms with Gasteiger partial charge in [0.15, 0.2) is 11.5 Å². The van der Waals surface area contributed by atoms with Crippen LogP contribution in [0.3, 0.4) is 0 Å². The van der Waals surface area contributed by atoms with Gasteiger partial charge in [-0.05, 0) is 45.6 Å². The summed E-state index contributed by atoms with van der Waals surface area (Å²) >= 11 is 0. The lowest BCUT2D eigenvalue weighted by molar-refractivity contribution is -0.0535. The number of imidazole rings is 1. The Morgan fingerprint density at radius 3 is 2.94 bits per heavy atom. The van der Waals surface area contributed by atoms with Crippen LogP contribution in [-0.4, -0.2) is 54.7 Å². The molecule has 8 rings (SSSR count). The summed E-state index contributed by atoms with van der Waals surface area (Å²) in [5.41, 5.74) is 3.34. The fourth-order valence-electron chi connectivity index (χ4n) is 5.59. The monoisotopic (exact) mass is 418 g/mol. The molecule has 3 aromatic rings. The molecule has 0 aromatic carbocycles. The molecule has 5 aliphatic rings. The molecule has 9 heteroatoms. The topological polar surface area (TPSA) is 96.3 Å². The summed E-state index contributed by atoms with van der Waals surface area (Å²) in [6, 6.07) is 2.74. The molecule has 7 heterocycles. The van der Waals surface area contributed by atoms with Crippen molar-refractivity contribution in [2.24, 2.45) is 10.9 Å². The van der Waals surface area contributed by atoms with Crippen molar-refractivity contribution in [3.05, 3.63) is 35.0 Å². The van der Waals surface area contributed by atoms with E-state index in [9.17, 15) is 0 Å². The van der Waals surface area contributed by atoms with E-state index in [1.807, 2.05) is 13.1 Å². The molecular weight excluding hydrogens is 392 g/mol. The third-order valence-corrected chi connectivity index (χ3v) is 7.34. The van der Waals surface area contributed by atoms with Gasteiger partial charge in [0.2, 0.25) is 0 Å². The van der Waals surface area contributed by atoms with Crippen LogP contribution < -0.4 is 5.32 Å². The molecule has 1 aliphatic carbocycles. The fraction of sp³-hybridized carbons (Fsp3) is 0.545. The van der Waals surface area contributed by atoms with Crippen LogP contribution in [0.5, 0.6) is 0 Å². The summed E-state index contributed by atoms with van der Waals surface area (Å²) in [6.07, 6.45) is 4.24. The Balaban J connectivity index is 1.38. The normalized spacial score (nSPS) is 28.0. The molecule has 2 N–H and O–H groups in total. The number of pyridine rings is 1. The summed E-state index contributed by atoms with van der Waals surface area (Å²) in [5.74, 6) is 3.84. The molecule has 1 atom stereocenters. The van der Waals surface area contributed by atoms with Gasteiger partial charge >= 0.3 is 0 Å². The first-order chi connectivity index (χ1) is 15.0. The largest absolute Gasteiger partial charge is 0.366 e. The molecule has 4 aliphatic heterocycles. The maximum Gasteiger partial charge on any atom is 0.156 e. The number of aromatic nitrogens is 5. The van der Waals surface area contributed by atoms with Crippen molar-refractivity contribution < 1.29 is 4.74 Å². The first-order valence-electron chi connectivity index (χ1n) is 11.1. The number of aryl methyl sites for hydroxylation is 1. The summed E-state index contributed by atoms with van der Waals surface area (Å²) in [7, 11) is 0. The number of hydrogen-bond acceptors (Lipinski definition) is 7. The highest BCUT2D eigenvalue weighted by atomic mass is 16.5. The summed E-state index contributed by atoms with van der Waals surface area (Å²) in [6.45, 7) is 8.73. The van der Waals surface area contributed by atoms with Crippen molar-refractivity contribution in [3.63, 3.8) is 0 Å². The highest BCUT2D eigenvalue weighted by Gasteiger charge is 2.47. The smallest absolute Gasteiger partial charge is 0.156 e. The quantitative estimate of drug-likeness (QED) is 0.631. The van der Waals surface area contributed by atoms with Crippen molar-refractivity contribution in [1.82, 2.24) is 29.6 Å². The average Bonchev–Trinajstić information content (AvgIpc) is 3.49. The van der Waals surface area contributed by atoms with Crippen LogP contribution in [0.2, 0.25) is 0 Å². The number of aliphatic imine (C=N–C) groups is 1. The van der Waals surface area contributed by atoms with Crippen LogP contribution in [0, 0.1) is 12.8 Å². The lowest BCUT2D eigenvalue weighted by Crippen LogP contribution is -2.38. The van der Waals surface area contributed by atoms with E-state index in [4.69, 9.17) is 14.7 Å². The minimum atomic E-state index is -0.417. The number of nitrogens with zero attached hydrogens (tertiary/aromatic N) is 6. The molecule has 0 amide bonds.